The molecule has 0 heterocycles. The van der Waals surface area contributed by atoms with Gasteiger partial charge >= 0.3 is 5.97 Å². The Labute approximate surface area is 113 Å². The Kier molecular flexibility index (Phi) is 4.45. The fraction of sp³-hybridized carbons (Fsp3) is 0.417. The van der Waals surface area contributed by atoms with Crippen LogP contribution in [0.4, 0.5) is 0 Å². The molecule has 0 aliphatic heterocycles. The van der Waals surface area contributed by atoms with Gasteiger partial charge in [-0.25, -0.2) is 4.79 Å². The first-order valence-electron chi connectivity index (χ1n) is 5.31. The smallest absolute Gasteiger partial charge is 0.338 e. The van der Waals surface area contributed by atoms with Crippen molar-refractivity contribution in [2.45, 2.75) is 31.3 Å². The maximum absolute atomic E-state index is 11.8. The van der Waals surface area contributed by atoms with Crippen LogP contribution < -0.4 is 0 Å². The highest BCUT2D eigenvalue weighted by molar-refractivity contribution is 9.09. The van der Waals surface area contributed by atoms with Crippen molar-refractivity contribution in [1.82, 2.24) is 0 Å². The molecule has 18 heavy (non-hydrogen) atoms. The van der Waals surface area contributed by atoms with E-state index in [0.29, 0.717) is 11.1 Å². The first-order chi connectivity index (χ1) is 8.20. The first-order valence-corrected chi connectivity index (χ1v) is 6.23. The fourth-order valence-electron chi connectivity index (χ4n) is 1.27. The average molecular weight is 316 g/mol. The van der Waals surface area contributed by atoms with Crippen LogP contribution in [-0.2, 0) is 4.74 Å². The topological polar surface area (TPSA) is 69.4 Å². The number of carbonyl (C=O) groups excluding carboxylic acids is 1. The fourth-order valence-corrected chi connectivity index (χ4v) is 1.56. The number of rotatable bonds is 3. The number of nitrogens with zero attached hydrogens (tertiary/aromatic N) is 1. The number of hydrogen-bond acceptors (Lipinski definition) is 4. The van der Waals surface area contributed by atoms with Crippen molar-refractivity contribution in [2.75, 3.05) is 0 Å². The van der Waals surface area contributed by atoms with E-state index in [-0.39, 0.29) is 0 Å². The minimum Gasteiger partial charge on any atom is -0.456 e. The predicted molar refractivity (Wildman–Crippen MR) is 70.3 cm³/mol. The molecule has 98 valence electrons. The third kappa shape index (κ3) is 4.10. The summed E-state index contributed by atoms with van der Waals surface area (Å²) in [6.45, 7) is 5.29. The van der Waals surface area contributed by atoms with Crippen LogP contribution in [0.5, 0.6) is 0 Å². The SMILES string of the molecule is CC(C)(C)OC(=O)c1cccc(C(Br)[N+](=O)[O-])c1. The van der Waals surface area contributed by atoms with Crippen molar-refractivity contribution in [3.05, 3.63) is 45.5 Å². The van der Waals surface area contributed by atoms with E-state index in [0.717, 1.165) is 0 Å². The Morgan fingerprint density at radius 2 is 2.06 bits per heavy atom. The molecule has 6 heteroatoms. The highest BCUT2D eigenvalue weighted by Crippen LogP contribution is 2.24. The molecule has 0 bridgehead atoms. The highest BCUT2D eigenvalue weighted by atomic mass is 79.9. The Morgan fingerprint density at radius 3 is 2.56 bits per heavy atom. The van der Waals surface area contributed by atoms with Crippen LogP contribution in [0.1, 0.15) is 41.6 Å². The second kappa shape index (κ2) is 5.48. The number of ether oxygens (including phenoxy) is 1. The molecular formula is C12H14BrNO4. The van der Waals surface area contributed by atoms with Crippen LogP contribution in [0.15, 0.2) is 24.3 Å². The van der Waals surface area contributed by atoms with E-state index in [1.165, 1.54) is 6.07 Å². The summed E-state index contributed by atoms with van der Waals surface area (Å²) >= 11 is 2.94. The van der Waals surface area contributed by atoms with Crippen molar-refractivity contribution in [1.29, 1.82) is 0 Å². The summed E-state index contributed by atoms with van der Waals surface area (Å²) < 4.78 is 5.19. The molecule has 1 aromatic rings. The lowest BCUT2D eigenvalue weighted by Gasteiger charge is -2.19. The molecule has 0 radical (unpaired) electrons. The Hall–Kier alpha value is -1.43. The van der Waals surface area contributed by atoms with Gasteiger partial charge in [0.25, 0.3) is 4.95 Å². The van der Waals surface area contributed by atoms with Gasteiger partial charge in [0.1, 0.15) is 5.60 Å². The minimum absolute atomic E-state index is 0.300. The summed E-state index contributed by atoms with van der Waals surface area (Å²) in [5, 5.41) is 10.7. The zero-order chi connectivity index (χ0) is 13.9. The maximum Gasteiger partial charge on any atom is 0.338 e. The number of halogens is 1. The Morgan fingerprint density at radius 1 is 1.44 bits per heavy atom. The summed E-state index contributed by atoms with van der Waals surface area (Å²) in [7, 11) is 0. The number of benzene rings is 1. The van der Waals surface area contributed by atoms with E-state index in [2.05, 4.69) is 15.9 Å². The molecule has 1 unspecified atom stereocenters. The second-order valence-corrected chi connectivity index (χ2v) is 5.62. The van der Waals surface area contributed by atoms with Gasteiger partial charge in [-0.3, -0.25) is 10.1 Å². The van der Waals surface area contributed by atoms with Crippen LogP contribution in [0.2, 0.25) is 0 Å². The van der Waals surface area contributed by atoms with Crippen molar-refractivity contribution in [3.63, 3.8) is 0 Å². The Bertz CT molecular complexity index is 467. The highest BCUT2D eigenvalue weighted by Gasteiger charge is 2.22. The number of esters is 1. The van der Waals surface area contributed by atoms with Crippen molar-refractivity contribution < 1.29 is 14.5 Å². The van der Waals surface area contributed by atoms with Crippen molar-refractivity contribution in [3.8, 4) is 0 Å². The zero-order valence-electron chi connectivity index (χ0n) is 10.3. The van der Waals surface area contributed by atoms with E-state index in [9.17, 15) is 14.9 Å². The summed E-state index contributed by atoms with van der Waals surface area (Å²) in [6.07, 6.45) is 0. The average Bonchev–Trinajstić information content (AvgIpc) is 2.25. The lowest BCUT2D eigenvalue weighted by molar-refractivity contribution is -0.498. The van der Waals surface area contributed by atoms with Gasteiger partial charge in [0.2, 0.25) is 0 Å². The van der Waals surface area contributed by atoms with Gasteiger partial charge in [-0.1, -0.05) is 12.1 Å². The number of hydrogen-bond donors (Lipinski definition) is 0. The standard InChI is InChI=1S/C12H14BrNO4/c1-12(2,3)18-11(15)9-6-4-5-8(7-9)10(13)14(16)17/h4-7,10H,1-3H3. The Balaban J connectivity index is 2.95. The first kappa shape index (κ1) is 14.6. The minimum atomic E-state index is -1.03. The van der Waals surface area contributed by atoms with Gasteiger partial charge in [-0.2, -0.15) is 0 Å². The molecule has 1 atom stereocenters. The van der Waals surface area contributed by atoms with Gasteiger partial charge in [-0.15, -0.1) is 0 Å². The van der Waals surface area contributed by atoms with E-state index in [4.69, 9.17) is 4.74 Å². The largest absolute Gasteiger partial charge is 0.456 e. The lowest BCUT2D eigenvalue weighted by atomic mass is 10.1. The molecule has 0 amide bonds. The van der Waals surface area contributed by atoms with Crippen molar-refractivity contribution >= 4 is 21.9 Å². The molecule has 0 saturated heterocycles. The van der Waals surface area contributed by atoms with Crippen LogP contribution in [-0.4, -0.2) is 16.5 Å². The summed E-state index contributed by atoms with van der Waals surface area (Å²) in [4.78, 5) is 20.9. The van der Waals surface area contributed by atoms with Gasteiger partial charge in [-0.05, 0) is 32.9 Å². The third-order valence-corrected chi connectivity index (χ3v) is 2.84. The van der Waals surface area contributed by atoms with Gasteiger partial charge in [0.05, 0.1) is 5.56 Å². The monoisotopic (exact) mass is 315 g/mol. The summed E-state index contributed by atoms with van der Waals surface area (Å²) in [5.41, 5.74) is 0.112. The van der Waals surface area contributed by atoms with E-state index >= 15 is 0 Å². The van der Waals surface area contributed by atoms with E-state index in [1.807, 2.05) is 0 Å². The normalized spacial score (nSPS) is 12.9. The molecule has 0 aliphatic carbocycles. The van der Waals surface area contributed by atoms with Gasteiger partial charge in [0, 0.05) is 26.4 Å². The van der Waals surface area contributed by atoms with Gasteiger partial charge in [0.15, 0.2) is 0 Å². The van der Waals surface area contributed by atoms with Crippen molar-refractivity contribution in [2.24, 2.45) is 0 Å². The number of carbonyl (C=O) groups is 1. The molecule has 1 aromatic carbocycles. The molecule has 0 aliphatic rings. The quantitative estimate of drug-likeness (QED) is 0.282. The maximum atomic E-state index is 11.8. The second-order valence-electron chi connectivity index (χ2n) is 4.75. The number of alkyl halides is 1. The van der Waals surface area contributed by atoms with Crippen LogP contribution in [0, 0.1) is 10.1 Å². The summed E-state index contributed by atoms with van der Waals surface area (Å²) in [5.74, 6) is -0.493. The molecule has 0 aromatic heterocycles. The molecule has 0 spiro atoms. The number of nitro groups is 1. The molecule has 1 rings (SSSR count). The van der Waals surface area contributed by atoms with Crippen LogP contribution in [0.25, 0.3) is 0 Å². The molecule has 0 fully saturated rings. The molecule has 0 saturated carbocycles. The van der Waals surface area contributed by atoms with E-state index < -0.39 is 21.4 Å². The lowest BCUT2D eigenvalue weighted by Crippen LogP contribution is -2.24. The molecule has 0 N–H and O–H groups in total. The zero-order valence-corrected chi connectivity index (χ0v) is 11.9. The van der Waals surface area contributed by atoms with E-state index in [1.54, 1.807) is 39.0 Å². The molecule has 5 nitrogen and oxygen atoms in total. The predicted octanol–water partition coefficient (Wildman–Crippen LogP) is 3.31. The van der Waals surface area contributed by atoms with Gasteiger partial charge < -0.3 is 4.74 Å². The van der Waals surface area contributed by atoms with Crippen LogP contribution in [0.3, 0.4) is 0 Å². The van der Waals surface area contributed by atoms with Crippen LogP contribution >= 0.6 is 15.9 Å². The summed E-state index contributed by atoms with van der Waals surface area (Å²) in [6, 6.07) is 6.19. The molecular weight excluding hydrogens is 302 g/mol. The third-order valence-electron chi connectivity index (χ3n) is 1.98.